The third-order valence-corrected chi connectivity index (χ3v) is 5.22. The largest absolute Gasteiger partial charge is 0.493 e. The highest BCUT2D eigenvalue weighted by atomic mass is 32.1. The molecule has 0 aliphatic carbocycles. The minimum Gasteiger partial charge on any atom is -0.493 e. The number of nitrogens with zero attached hydrogens (tertiary/aromatic N) is 2. The number of amides is 1. The predicted molar refractivity (Wildman–Crippen MR) is 107 cm³/mol. The molecule has 1 amide bonds. The van der Waals surface area contributed by atoms with Gasteiger partial charge in [0.2, 0.25) is 0 Å². The molecule has 3 aromatic rings. The number of aryl methyl sites for hydroxylation is 2. The molecule has 0 saturated heterocycles. The molecule has 0 spiro atoms. The van der Waals surface area contributed by atoms with E-state index >= 15 is 0 Å². The van der Waals surface area contributed by atoms with E-state index in [2.05, 4.69) is 10.4 Å². The van der Waals surface area contributed by atoms with Gasteiger partial charge in [0.05, 0.1) is 29.6 Å². The summed E-state index contributed by atoms with van der Waals surface area (Å²) in [4.78, 5) is 13.1. The summed E-state index contributed by atoms with van der Waals surface area (Å²) in [7, 11) is 1.62. The standard InChI is InChI=1S/C20H23N3O3S/c1-5-23-14(3)16(10-21-23)22-20(24)19-9-15(12-27-19)11-26-17-7-6-13(2)8-18(17)25-4/h6-10,12H,5,11H2,1-4H3,(H,22,24). The second-order valence-electron chi connectivity index (χ2n) is 6.18. The average Bonchev–Trinajstić information content (AvgIpc) is 3.28. The van der Waals surface area contributed by atoms with Crippen LogP contribution in [0.15, 0.2) is 35.8 Å². The number of benzene rings is 1. The van der Waals surface area contributed by atoms with E-state index in [-0.39, 0.29) is 5.91 Å². The number of rotatable bonds is 7. The summed E-state index contributed by atoms with van der Waals surface area (Å²) in [6.45, 7) is 7.09. The second kappa shape index (κ2) is 8.26. The highest BCUT2D eigenvalue weighted by Gasteiger charge is 2.14. The van der Waals surface area contributed by atoms with Gasteiger partial charge in [-0.25, -0.2) is 0 Å². The van der Waals surface area contributed by atoms with Crippen LogP contribution in [0.25, 0.3) is 0 Å². The Morgan fingerprint density at radius 1 is 1.26 bits per heavy atom. The molecule has 0 unspecified atom stereocenters. The van der Waals surface area contributed by atoms with E-state index in [0.29, 0.717) is 23.0 Å². The predicted octanol–water partition coefficient (Wildman–Crippen LogP) is 4.42. The Kier molecular flexibility index (Phi) is 5.81. The van der Waals surface area contributed by atoms with Crippen molar-refractivity contribution in [2.24, 2.45) is 0 Å². The summed E-state index contributed by atoms with van der Waals surface area (Å²) in [6, 6.07) is 7.65. The molecule has 0 radical (unpaired) electrons. The van der Waals surface area contributed by atoms with Crippen molar-refractivity contribution in [3.63, 3.8) is 0 Å². The fourth-order valence-corrected chi connectivity index (χ4v) is 3.49. The van der Waals surface area contributed by atoms with Crippen LogP contribution in [0, 0.1) is 13.8 Å². The number of carbonyl (C=O) groups is 1. The van der Waals surface area contributed by atoms with Crippen molar-refractivity contribution < 1.29 is 14.3 Å². The molecule has 0 atom stereocenters. The highest BCUT2D eigenvalue weighted by molar-refractivity contribution is 7.12. The van der Waals surface area contributed by atoms with Crippen LogP contribution in [0.4, 0.5) is 5.69 Å². The van der Waals surface area contributed by atoms with Gasteiger partial charge >= 0.3 is 0 Å². The Morgan fingerprint density at radius 3 is 2.78 bits per heavy atom. The minimum absolute atomic E-state index is 0.141. The first-order valence-corrected chi connectivity index (χ1v) is 9.58. The SMILES string of the molecule is CCn1ncc(NC(=O)c2cc(COc3ccc(C)cc3OC)cs2)c1C. The van der Waals surface area contributed by atoms with Crippen molar-refractivity contribution >= 4 is 22.9 Å². The number of aromatic nitrogens is 2. The van der Waals surface area contributed by atoms with Gasteiger partial charge in [-0.3, -0.25) is 9.48 Å². The maximum atomic E-state index is 12.5. The van der Waals surface area contributed by atoms with Crippen molar-refractivity contribution in [1.29, 1.82) is 0 Å². The van der Waals surface area contributed by atoms with Crippen molar-refractivity contribution in [3.05, 3.63) is 57.5 Å². The lowest BCUT2D eigenvalue weighted by Crippen LogP contribution is -2.11. The van der Waals surface area contributed by atoms with E-state index in [1.165, 1.54) is 11.3 Å². The molecule has 1 aromatic carbocycles. The summed E-state index contributed by atoms with van der Waals surface area (Å²) in [6.07, 6.45) is 1.68. The summed E-state index contributed by atoms with van der Waals surface area (Å²) in [5.74, 6) is 1.24. The van der Waals surface area contributed by atoms with Crippen LogP contribution in [0.3, 0.4) is 0 Å². The van der Waals surface area contributed by atoms with E-state index in [0.717, 1.165) is 29.1 Å². The van der Waals surface area contributed by atoms with Crippen LogP contribution >= 0.6 is 11.3 Å². The summed E-state index contributed by atoms with van der Waals surface area (Å²) in [5, 5.41) is 9.09. The molecule has 2 aromatic heterocycles. The normalized spacial score (nSPS) is 10.7. The second-order valence-corrected chi connectivity index (χ2v) is 7.09. The van der Waals surface area contributed by atoms with E-state index < -0.39 is 0 Å². The lowest BCUT2D eigenvalue weighted by atomic mass is 10.2. The zero-order chi connectivity index (χ0) is 19.4. The number of methoxy groups -OCH3 is 1. The maximum absolute atomic E-state index is 12.5. The number of anilines is 1. The summed E-state index contributed by atoms with van der Waals surface area (Å²) < 4.78 is 13.1. The number of hydrogen-bond donors (Lipinski definition) is 1. The molecule has 0 aliphatic rings. The fourth-order valence-electron chi connectivity index (χ4n) is 2.70. The molecule has 1 N–H and O–H groups in total. The molecule has 2 heterocycles. The van der Waals surface area contributed by atoms with Crippen molar-refractivity contribution in [2.45, 2.75) is 33.9 Å². The Balaban J connectivity index is 1.64. The molecular formula is C20H23N3O3S. The molecule has 7 heteroatoms. The average molecular weight is 385 g/mol. The Hall–Kier alpha value is -2.80. The first-order valence-electron chi connectivity index (χ1n) is 8.70. The Morgan fingerprint density at radius 2 is 2.07 bits per heavy atom. The van der Waals surface area contributed by atoms with Gasteiger partial charge in [0.25, 0.3) is 5.91 Å². The summed E-state index contributed by atoms with van der Waals surface area (Å²) in [5.41, 5.74) is 3.72. The van der Waals surface area contributed by atoms with Crippen molar-refractivity contribution in [3.8, 4) is 11.5 Å². The zero-order valence-electron chi connectivity index (χ0n) is 15.9. The van der Waals surface area contributed by atoms with Crippen LogP contribution in [0.2, 0.25) is 0 Å². The summed E-state index contributed by atoms with van der Waals surface area (Å²) >= 11 is 1.39. The van der Waals surface area contributed by atoms with Crippen molar-refractivity contribution in [1.82, 2.24) is 9.78 Å². The number of thiophene rings is 1. The van der Waals surface area contributed by atoms with Crippen LogP contribution in [-0.4, -0.2) is 22.8 Å². The smallest absolute Gasteiger partial charge is 0.265 e. The van der Waals surface area contributed by atoms with Crippen LogP contribution in [-0.2, 0) is 13.2 Å². The van der Waals surface area contributed by atoms with Crippen LogP contribution < -0.4 is 14.8 Å². The van der Waals surface area contributed by atoms with Gasteiger partial charge in [-0.2, -0.15) is 5.10 Å². The van der Waals surface area contributed by atoms with Gasteiger partial charge in [0, 0.05) is 12.1 Å². The molecule has 3 rings (SSSR count). The lowest BCUT2D eigenvalue weighted by Gasteiger charge is -2.10. The third kappa shape index (κ3) is 4.31. The number of carbonyl (C=O) groups excluding carboxylic acids is 1. The van der Waals surface area contributed by atoms with Gasteiger partial charge in [0.1, 0.15) is 6.61 Å². The maximum Gasteiger partial charge on any atom is 0.265 e. The molecule has 142 valence electrons. The Labute approximate surface area is 162 Å². The van der Waals surface area contributed by atoms with Gasteiger partial charge < -0.3 is 14.8 Å². The van der Waals surface area contributed by atoms with E-state index in [9.17, 15) is 4.79 Å². The van der Waals surface area contributed by atoms with Gasteiger partial charge in [-0.15, -0.1) is 11.3 Å². The topological polar surface area (TPSA) is 65.4 Å². The molecule has 0 fully saturated rings. The number of ether oxygens (including phenoxy) is 2. The van der Waals surface area contributed by atoms with E-state index in [4.69, 9.17) is 9.47 Å². The van der Waals surface area contributed by atoms with Gasteiger partial charge in [0.15, 0.2) is 11.5 Å². The number of hydrogen-bond acceptors (Lipinski definition) is 5. The quantitative estimate of drug-likeness (QED) is 0.654. The van der Waals surface area contributed by atoms with Crippen molar-refractivity contribution in [2.75, 3.05) is 12.4 Å². The Bertz CT molecular complexity index is 946. The zero-order valence-corrected chi connectivity index (χ0v) is 16.7. The highest BCUT2D eigenvalue weighted by Crippen LogP contribution is 2.29. The van der Waals surface area contributed by atoms with Crippen LogP contribution in [0.1, 0.15) is 33.4 Å². The number of nitrogens with one attached hydrogen (secondary N) is 1. The molecular weight excluding hydrogens is 362 g/mol. The molecule has 27 heavy (non-hydrogen) atoms. The third-order valence-electron chi connectivity index (χ3n) is 4.24. The monoisotopic (exact) mass is 385 g/mol. The van der Waals surface area contributed by atoms with Gasteiger partial charge in [-0.05, 0) is 49.9 Å². The van der Waals surface area contributed by atoms with Gasteiger partial charge in [-0.1, -0.05) is 6.07 Å². The van der Waals surface area contributed by atoms with E-state index in [1.54, 1.807) is 13.3 Å². The first-order chi connectivity index (χ1) is 13.0. The molecule has 0 aliphatic heterocycles. The lowest BCUT2D eigenvalue weighted by molar-refractivity contribution is 0.103. The fraction of sp³-hybridized carbons (Fsp3) is 0.300. The van der Waals surface area contributed by atoms with Crippen LogP contribution in [0.5, 0.6) is 11.5 Å². The first kappa shape index (κ1) is 19.0. The molecule has 0 bridgehead atoms. The molecule has 6 nitrogen and oxygen atoms in total. The van der Waals surface area contributed by atoms with E-state index in [1.807, 2.05) is 55.1 Å². The minimum atomic E-state index is -0.141. The molecule has 0 saturated carbocycles.